The van der Waals surface area contributed by atoms with Crippen molar-refractivity contribution in [1.82, 2.24) is 10.3 Å². The molecule has 1 aromatic heterocycles. The number of halogens is 1. The van der Waals surface area contributed by atoms with Crippen LogP contribution in [0.25, 0.3) is 10.9 Å². The molecule has 0 atom stereocenters. The predicted octanol–water partition coefficient (Wildman–Crippen LogP) is 4.24. The van der Waals surface area contributed by atoms with Crippen LogP contribution in [-0.2, 0) is 0 Å². The van der Waals surface area contributed by atoms with Crippen molar-refractivity contribution in [3.63, 3.8) is 0 Å². The third kappa shape index (κ3) is 3.89. The largest absolute Gasteiger partial charge is 0.336 e. The van der Waals surface area contributed by atoms with E-state index in [1.165, 1.54) is 12.3 Å². The van der Waals surface area contributed by atoms with E-state index in [9.17, 15) is 9.18 Å². The van der Waals surface area contributed by atoms with Crippen LogP contribution in [0.3, 0.4) is 0 Å². The van der Waals surface area contributed by atoms with E-state index in [0.29, 0.717) is 10.9 Å². The van der Waals surface area contributed by atoms with Crippen LogP contribution in [0.5, 0.6) is 0 Å². The third-order valence-corrected chi connectivity index (χ3v) is 4.00. The molecule has 1 N–H and O–H groups in total. The van der Waals surface area contributed by atoms with Gasteiger partial charge in [-0.2, -0.15) is 0 Å². The molecule has 0 bridgehead atoms. The minimum Gasteiger partial charge on any atom is -0.336 e. The van der Waals surface area contributed by atoms with Crippen LogP contribution < -0.4 is 5.32 Å². The van der Waals surface area contributed by atoms with E-state index >= 15 is 0 Å². The second kappa shape index (κ2) is 6.97. The molecule has 0 aliphatic rings. The van der Waals surface area contributed by atoms with Crippen molar-refractivity contribution in [2.75, 3.05) is 0 Å². The van der Waals surface area contributed by atoms with Gasteiger partial charge in [-0.1, -0.05) is 42.2 Å². The van der Waals surface area contributed by atoms with E-state index in [1.807, 2.05) is 45.0 Å². The van der Waals surface area contributed by atoms with Crippen LogP contribution in [0.4, 0.5) is 4.39 Å². The van der Waals surface area contributed by atoms with Crippen LogP contribution in [-0.4, -0.2) is 16.4 Å². The van der Waals surface area contributed by atoms with Gasteiger partial charge in [-0.25, -0.2) is 4.39 Å². The summed E-state index contributed by atoms with van der Waals surface area (Å²) in [5.74, 6) is 5.52. The Hall–Kier alpha value is -3.19. The number of amides is 1. The van der Waals surface area contributed by atoms with Crippen LogP contribution >= 0.6 is 0 Å². The molecule has 0 aliphatic carbocycles. The number of para-hydroxylation sites is 1. The number of nitrogens with zero attached hydrogens (tertiary/aromatic N) is 1. The average molecular weight is 346 g/mol. The van der Waals surface area contributed by atoms with Crippen molar-refractivity contribution in [2.24, 2.45) is 0 Å². The number of benzene rings is 2. The van der Waals surface area contributed by atoms with Gasteiger partial charge in [0.05, 0.1) is 11.1 Å². The maximum Gasteiger partial charge on any atom is 0.254 e. The Morgan fingerprint density at radius 2 is 1.92 bits per heavy atom. The summed E-state index contributed by atoms with van der Waals surface area (Å²) in [4.78, 5) is 16.6. The first-order chi connectivity index (χ1) is 12.4. The maximum absolute atomic E-state index is 13.7. The quantitative estimate of drug-likeness (QED) is 0.705. The van der Waals surface area contributed by atoms with Gasteiger partial charge < -0.3 is 5.32 Å². The fourth-order valence-corrected chi connectivity index (χ4v) is 2.57. The molecule has 0 radical (unpaired) electrons. The number of rotatable bonds is 2. The van der Waals surface area contributed by atoms with Gasteiger partial charge in [0.2, 0.25) is 0 Å². The molecule has 26 heavy (non-hydrogen) atoms. The molecule has 0 spiro atoms. The number of carbonyl (C=O) groups is 1. The Labute approximate surface area is 152 Å². The number of hydrogen-bond donors (Lipinski definition) is 1. The van der Waals surface area contributed by atoms with Gasteiger partial charge in [0.1, 0.15) is 11.3 Å². The first-order valence-electron chi connectivity index (χ1n) is 8.31. The Morgan fingerprint density at radius 1 is 1.15 bits per heavy atom. The van der Waals surface area contributed by atoms with Gasteiger partial charge in [0.15, 0.2) is 0 Å². The standard InChI is InChI=1S/C22H19FN2O/c1-15-7-4-5-8-16(15)11-12-22(2,3)25-21(26)18-13-17-9-6-10-19(23)20(17)24-14-18/h4-10,13-14H,1-3H3,(H,25,26). The molecule has 0 aliphatic heterocycles. The number of carbonyl (C=O) groups excluding carboxylic acids is 1. The average Bonchev–Trinajstić information content (AvgIpc) is 2.60. The SMILES string of the molecule is Cc1ccccc1C#CC(C)(C)NC(=O)c1cnc2c(F)cccc2c1. The molecule has 0 saturated heterocycles. The zero-order valence-corrected chi connectivity index (χ0v) is 14.9. The van der Waals surface area contributed by atoms with Gasteiger partial charge in [-0.15, -0.1) is 0 Å². The molecule has 1 amide bonds. The van der Waals surface area contributed by atoms with Crippen molar-refractivity contribution < 1.29 is 9.18 Å². The first-order valence-corrected chi connectivity index (χ1v) is 8.31. The summed E-state index contributed by atoms with van der Waals surface area (Å²) in [5, 5.41) is 3.48. The second-order valence-electron chi connectivity index (χ2n) is 6.68. The van der Waals surface area contributed by atoms with E-state index in [4.69, 9.17) is 0 Å². The van der Waals surface area contributed by atoms with Gasteiger partial charge in [0.25, 0.3) is 5.91 Å². The highest BCUT2D eigenvalue weighted by atomic mass is 19.1. The minimum atomic E-state index is -0.726. The normalized spacial score (nSPS) is 10.9. The highest BCUT2D eigenvalue weighted by molar-refractivity contribution is 5.97. The number of aromatic nitrogens is 1. The van der Waals surface area contributed by atoms with E-state index in [1.54, 1.807) is 18.2 Å². The summed E-state index contributed by atoms with van der Waals surface area (Å²) in [6, 6.07) is 14.1. The second-order valence-corrected chi connectivity index (χ2v) is 6.68. The van der Waals surface area contributed by atoms with E-state index in [2.05, 4.69) is 22.1 Å². The topological polar surface area (TPSA) is 42.0 Å². The lowest BCUT2D eigenvalue weighted by atomic mass is 10.0. The molecule has 3 rings (SSSR count). The number of fused-ring (bicyclic) bond motifs is 1. The zero-order valence-electron chi connectivity index (χ0n) is 14.9. The molecule has 0 saturated carbocycles. The number of nitrogens with one attached hydrogen (secondary N) is 1. The fraction of sp³-hybridized carbons (Fsp3) is 0.182. The summed E-state index contributed by atoms with van der Waals surface area (Å²) in [6.07, 6.45) is 1.38. The molecule has 4 heteroatoms. The molecule has 0 unspecified atom stereocenters. The fourth-order valence-electron chi connectivity index (χ4n) is 2.57. The first kappa shape index (κ1) is 17.6. The Balaban J connectivity index is 1.82. The molecular weight excluding hydrogens is 327 g/mol. The van der Waals surface area contributed by atoms with Crippen LogP contribution in [0, 0.1) is 24.6 Å². The predicted molar refractivity (Wildman–Crippen MR) is 101 cm³/mol. The van der Waals surface area contributed by atoms with Crippen LogP contribution in [0.15, 0.2) is 54.7 Å². The summed E-state index contributed by atoms with van der Waals surface area (Å²) >= 11 is 0. The lowest BCUT2D eigenvalue weighted by molar-refractivity contribution is 0.0929. The summed E-state index contributed by atoms with van der Waals surface area (Å²) in [5.41, 5.74) is 1.91. The van der Waals surface area contributed by atoms with Crippen LogP contribution in [0.1, 0.15) is 35.3 Å². The molecule has 2 aromatic carbocycles. The molecule has 0 fully saturated rings. The van der Waals surface area contributed by atoms with Crippen molar-refractivity contribution in [3.05, 3.63) is 77.2 Å². The van der Waals surface area contributed by atoms with Gasteiger partial charge in [-0.3, -0.25) is 9.78 Å². The maximum atomic E-state index is 13.7. The summed E-state index contributed by atoms with van der Waals surface area (Å²) in [7, 11) is 0. The monoisotopic (exact) mass is 346 g/mol. The smallest absolute Gasteiger partial charge is 0.254 e. The highest BCUT2D eigenvalue weighted by Gasteiger charge is 2.19. The Bertz CT molecular complexity index is 1040. The van der Waals surface area contributed by atoms with Gasteiger partial charge in [-0.05, 0) is 44.5 Å². The minimum absolute atomic E-state index is 0.252. The third-order valence-electron chi connectivity index (χ3n) is 4.00. The molecule has 3 aromatic rings. The van der Waals surface area contributed by atoms with Gasteiger partial charge in [0, 0.05) is 17.1 Å². The van der Waals surface area contributed by atoms with E-state index in [-0.39, 0.29) is 11.4 Å². The Kier molecular flexibility index (Phi) is 4.73. The van der Waals surface area contributed by atoms with Gasteiger partial charge >= 0.3 is 0 Å². The summed E-state index contributed by atoms with van der Waals surface area (Å²) < 4.78 is 13.7. The van der Waals surface area contributed by atoms with E-state index in [0.717, 1.165) is 11.1 Å². The Morgan fingerprint density at radius 3 is 2.69 bits per heavy atom. The lowest BCUT2D eigenvalue weighted by Gasteiger charge is -2.20. The number of hydrogen-bond acceptors (Lipinski definition) is 2. The molecule has 3 nitrogen and oxygen atoms in total. The van der Waals surface area contributed by atoms with Crippen molar-refractivity contribution in [2.45, 2.75) is 26.3 Å². The molecular formula is C22H19FN2O. The lowest BCUT2D eigenvalue weighted by Crippen LogP contribution is -2.42. The highest BCUT2D eigenvalue weighted by Crippen LogP contribution is 2.17. The van der Waals surface area contributed by atoms with E-state index < -0.39 is 11.4 Å². The number of pyridine rings is 1. The van der Waals surface area contributed by atoms with Crippen molar-refractivity contribution in [1.29, 1.82) is 0 Å². The molecule has 130 valence electrons. The van der Waals surface area contributed by atoms with Crippen molar-refractivity contribution in [3.8, 4) is 11.8 Å². The van der Waals surface area contributed by atoms with Crippen molar-refractivity contribution >= 4 is 16.8 Å². The summed E-state index contributed by atoms with van der Waals surface area (Å²) in [6.45, 7) is 5.67. The number of aryl methyl sites for hydroxylation is 1. The zero-order chi connectivity index (χ0) is 18.7. The van der Waals surface area contributed by atoms with Crippen LogP contribution in [0.2, 0.25) is 0 Å². The molecule has 1 heterocycles.